The first-order chi connectivity index (χ1) is 9.95. The molecule has 7 heteroatoms. The fourth-order valence-electron chi connectivity index (χ4n) is 2.75. The summed E-state index contributed by atoms with van der Waals surface area (Å²) < 4.78 is 27.1. The molecule has 0 aliphatic carbocycles. The van der Waals surface area contributed by atoms with E-state index in [1.165, 1.54) is 0 Å². The minimum atomic E-state index is -3.45. The van der Waals surface area contributed by atoms with Gasteiger partial charge in [0.1, 0.15) is 0 Å². The molecule has 0 radical (unpaired) electrons. The van der Waals surface area contributed by atoms with E-state index in [2.05, 4.69) is 22.4 Å². The fourth-order valence-corrected chi connectivity index (χ4v) is 4.39. The zero-order valence-electron chi connectivity index (χ0n) is 13.1. The van der Waals surface area contributed by atoms with E-state index in [9.17, 15) is 8.42 Å². The molecule has 1 saturated heterocycles. The van der Waals surface area contributed by atoms with Gasteiger partial charge in [-0.25, -0.2) is 8.42 Å². The lowest BCUT2D eigenvalue weighted by atomic mass is 10.0. The normalized spacial score (nSPS) is 20.5. The van der Waals surface area contributed by atoms with Gasteiger partial charge in [-0.1, -0.05) is 27.2 Å². The minimum Gasteiger partial charge on any atom is -0.310 e. The van der Waals surface area contributed by atoms with Crippen molar-refractivity contribution < 1.29 is 8.42 Å². The van der Waals surface area contributed by atoms with Crippen LogP contribution in [0.3, 0.4) is 0 Å². The number of aromatic amines is 1. The molecule has 21 heavy (non-hydrogen) atoms. The van der Waals surface area contributed by atoms with Gasteiger partial charge in [-0.05, 0) is 18.8 Å². The van der Waals surface area contributed by atoms with E-state index in [1.54, 1.807) is 10.5 Å². The number of sulfonamides is 1. The van der Waals surface area contributed by atoms with Gasteiger partial charge in [0.25, 0.3) is 10.0 Å². The number of aromatic nitrogens is 2. The van der Waals surface area contributed by atoms with Crippen LogP contribution in [0.25, 0.3) is 0 Å². The molecule has 0 saturated carbocycles. The lowest BCUT2D eigenvalue weighted by molar-refractivity contribution is 0.441. The number of hydrogen-bond donors (Lipinski definition) is 2. The Labute approximate surface area is 127 Å². The van der Waals surface area contributed by atoms with Crippen LogP contribution in [0.2, 0.25) is 0 Å². The summed E-state index contributed by atoms with van der Waals surface area (Å²) in [6.45, 7) is 7.96. The summed E-state index contributed by atoms with van der Waals surface area (Å²) >= 11 is 0. The molecule has 0 bridgehead atoms. The van der Waals surface area contributed by atoms with E-state index < -0.39 is 10.0 Å². The van der Waals surface area contributed by atoms with Crippen LogP contribution in [0.15, 0.2) is 11.2 Å². The quantitative estimate of drug-likeness (QED) is 0.803. The van der Waals surface area contributed by atoms with Gasteiger partial charge in [-0.3, -0.25) is 5.10 Å². The lowest BCUT2D eigenvalue weighted by Gasteiger charge is -2.17. The van der Waals surface area contributed by atoms with E-state index in [-0.39, 0.29) is 5.03 Å². The van der Waals surface area contributed by atoms with Crippen LogP contribution in [0, 0.1) is 5.92 Å². The van der Waals surface area contributed by atoms with Crippen molar-refractivity contribution in [1.82, 2.24) is 19.8 Å². The molecule has 1 aliphatic heterocycles. The number of H-pyrrole nitrogens is 1. The summed E-state index contributed by atoms with van der Waals surface area (Å²) in [6, 6.07) is 0.302. The molecule has 1 unspecified atom stereocenters. The summed E-state index contributed by atoms with van der Waals surface area (Å²) in [5.74, 6) is 0.491. The number of hydrogen-bond acceptors (Lipinski definition) is 4. The summed E-state index contributed by atoms with van der Waals surface area (Å²) in [6.07, 6.45) is 4.76. The van der Waals surface area contributed by atoms with E-state index in [0.29, 0.717) is 37.2 Å². The molecule has 1 fully saturated rings. The highest BCUT2D eigenvalue weighted by atomic mass is 32.2. The highest BCUT2D eigenvalue weighted by Crippen LogP contribution is 2.27. The molecule has 0 spiro atoms. The monoisotopic (exact) mass is 314 g/mol. The minimum absolute atomic E-state index is 0.243. The van der Waals surface area contributed by atoms with E-state index >= 15 is 0 Å². The van der Waals surface area contributed by atoms with Gasteiger partial charge in [0.05, 0.1) is 6.20 Å². The lowest BCUT2D eigenvalue weighted by Crippen LogP contribution is -2.31. The van der Waals surface area contributed by atoms with Crippen molar-refractivity contribution in [2.45, 2.75) is 57.6 Å². The zero-order chi connectivity index (χ0) is 15.5. The Morgan fingerprint density at radius 1 is 1.52 bits per heavy atom. The third kappa shape index (κ3) is 3.84. The predicted molar refractivity (Wildman–Crippen MR) is 82.3 cm³/mol. The predicted octanol–water partition coefficient (Wildman–Crippen LogP) is 1.72. The van der Waals surface area contributed by atoms with Crippen LogP contribution in [0.4, 0.5) is 0 Å². The third-order valence-corrected chi connectivity index (χ3v) is 5.80. The van der Waals surface area contributed by atoms with Crippen LogP contribution in [0.1, 0.15) is 45.6 Å². The Hall–Kier alpha value is -0.920. The molecule has 2 rings (SSSR count). The molecular weight excluding hydrogens is 288 g/mol. The molecule has 2 heterocycles. The van der Waals surface area contributed by atoms with E-state index in [4.69, 9.17) is 0 Å². The van der Waals surface area contributed by atoms with Gasteiger partial charge in [0.15, 0.2) is 5.03 Å². The van der Waals surface area contributed by atoms with Gasteiger partial charge in [0, 0.05) is 31.2 Å². The average molecular weight is 314 g/mol. The van der Waals surface area contributed by atoms with Crippen LogP contribution in [0.5, 0.6) is 0 Å². The zero-order valence-corrected chi connectivity index (χ0v) is 13.9. The highest BCUT2D eigenvalue weighted by molar-refractivity contribution is 7.89. The molecule has 120 valence electrons. The third-order valence-electron chi connectivity index (χ3n) is 3.92. The second-order valence-electron chi connectivity index (χ2n) is 6.07. The summed E-state index contributed by atoms with van der Waals surface area (Å²) in [5.41, 5.74) is 0.711. The molecule has 0 aromatic carbocycles. The summed E-state index contributed by atoms with van der Waals surface area (Å²) in [4.78, 5) is 0. The van der Waals surface area contributed by atoms with Crippen molar-refractivity contribution >= 4 is 10.0 Å². The van der Waals surface area contributed by atoms with E-state index in [1.807, 2.05) is 13.8 Å². The maximum atomic E-state index is 12.7. The highest BCUT2D eigenvalue weighted by Gasteiger charge is 2.34. The van der Waals surface area contributed by atoms with E-state index in [0.717, 1.165) is 19.3 Å². The first-order valence-corrected chi connectivity index (χ1v) is 9.15. The van der Waals surface area contributed by atoms with Crippen LogP contribution in [-0.4, -0.2) is 42.1 Å². The van der Waals surface area contributed by atoms with Gasteiger partial charge in [-0.15, -0.1) is 0 Å². The first-order valence-electron chi connectivity index (χ1n) is 7.71. The summed E-state index contributed by atoms with van der Waals surface area (Å²) in [5, 5.41) is 10.1. The Morgan fingerprint density at radius 2 is 2.29 bits per heavy atom. The summed E-state index contributed by atoms with van der Waals surface area (Å²) in [7, 11) is -3.45. The van der Waals surface area contributed by atoms with Gasteiger partial charge < -0.3 is 5.32 Å². The first kappa shape index (κ1) is 16.5. The van der Waals surface area contributed by atoms with Gasteiger partial charge in [0.2, 0.25) is 0 Å². The Bertz CT molecular complexity index is 553. The van der Waals surface area contributed by atoms with Crippen LogP contribution >= 0.6 is 0 Å². The standard InChI is InChI=1S/C14H26N4O2S/c1-4-5-12-6-7-18(10-12)21(19,20)14-13(9-16-17-14)8-15-11(2)3/h9,11-12,15H,4-8,10H2,1-3H3,(H,16,17). The van der Waals surface area contributed by atoms with Gasteiger partial charge in [-0.2, -0.15) is 9.40 Å². The number of nitrogens with zero attached hydrogens (tertiary/aromatic N) is 2. The average Bonchev–Trinajstić information content (AvgIpc) is 3.05. The van der Waals surface area contributed by atoms with Crippen molar-refractivity contribution in [3.05, 3.63) is 11.8 Å². The van der Waals surface area contributed by atoms with Crippen molar-refractivity contribution in [2.24, 2.45) is 5.92 Å². The SMILES string of the molecule is CCCC1CCN(S(=O)(=O)c2[nH]ncc2CNC(C)C)C1. The second kappa shape index (κ2) is 6.89. The smallest absolute Gasteiger partial charge is 0.260 e. The fraction of sp³-hybridized carbons (Fsp3) is 0.786. The molecule has 1 aliphatic rings. The molecular formula is C14H26N4O2S. The molecule has 6 nitrogen and oxygen atoms in total. The maximum Gasteiger partial charge on any atom is 0.260 e. The molecule has 1 aromatic heterocycles. The van der Waals surface area contributed by atoms with Crippen molar-refractivity contribution in [3.8, 4) is 0 Å². The van der Waals surface area contributed by atoms with Crippen molar-refractivity contribution in [3.63, 3.8) is 0 Å². The number of nitrogens with one attached hydrogen (secondary N) is 2. The molecule has 1 aromatic rings. The van der Waals surface area contributed by atoms with Gasteiger partial charge >= 0.3 is 0 Å². The molecule has 1 atom stereocenters. The van der Waals surface area contributed by atoms with Crippen molar-refractivity contribution in [2.75, 3.05) is 13.1 Å². The van der Waals surface area contributed by atoms with Crippen LogP contribution in [-0.2, 0) is 16.6 Å². The topological polar surface area (TPSA) is 78.1 Å². The second-order valence-corrected chi connectivity index (χ2v) is 7.94. The Balaban J connectivity index is 2.12. The maximum absolute atomic E-state index is 12.7. The molecule has 2 N–H and O–H groups in total. The van der Waals surface area contributed by atoms with Crippen LogP contribution < -0.4 is 5.32 Å². The van der Waals surface area contributed by atoms with Crippen molar-refractivity contribution in [1.29, 1.82) is 0 Å². The molecule has 0 amide bonds. The number of rotatable bonds is 7. The Morgan fingerprint density at radius 3 is 2.95 bits per heavy atom. The largest absolute Gasteiger partial charge is 0.310 e. The Kier molecular flexibility index (Phi) is 5.40.